The van der Waals surface area contributed by atoms with Crippen molar-refractivity contribution in [2.24, 2.45) is 5.92 Å². The van der Waals surface area contributed by atoms with Crippen molar-refractivity contribution in [1.29, 1.82) is 0 Å². The van der Waals surface area contributed by atoms with Crippen LogP contribution >= 0.6 is 11.6 Å². The monoisotopic (exact) mass is 582 g/mol. The van der Waals surface area contributed by atoms with Gasteiger partial charge in [-0.2, -0.15) is 4.72 Å². The normalized spacial score (nSPS) is 12.6. The van der Waals surface area contributed by atoms with Gasteiger partial charge >= 0.3 is 0 Å². The Kier molecular flexibility index (Phi) is 9.09. The van der Waals surface area contributed by atoms with Gasteiger partial charge < -0.3 is 0 Å². The molecule has 0 aliphatic heterocycles. The van der Waals surface area contributed by atoms with Crippen LogP contribution in [0.15, 0.2) is 82.6 Å². The standard InChI is InChI=1S/C24H24ClFN4O6S2/c1-15(2)22(30-38(35,36)21-9-4-3-8-20(21)26)24(32)28-27-23(31)16-6-5-7-19(14-16)37(33,34)29-18-12-10-17(25)11-13-18/h3-15,22,29-30H,1-2H3,(H,27,31)(H,28,32). The number of rotatable bonds is 9. The van der Waals surface area contributed by atoms with E-state index in [2.05, 4.69) is 20.3 Å². The Morgan fingerprint density at radius 2 is 1.50 bits per heavy atom. The van der Waals surface area contributed by atoms with Crippen LogP contribution in [0.3, 0.4) is 0 Å². The number of carbonyl (C=O) groups is 2. The lowest BCUT2D eigenvalue weighted by Gasteiger charge is -2.22. The topological polar surface area (TPSA) is 151 Å². The van der Waals surface area contributed by atoms with Crippen molar-refractivity contribution in [2.45, 2.75) is 29.7 Å². The van der Waals surface area contributed by atoms with Gasteiger partial charge in [-0.15, -0.1) is 0 Å². The van der Waals surface area contributed by atoms with E-state index in [0.29, 0.717) is 5.02 Å². The molecule has 0 saturated carbocycles. The molecular weight excluding hydrogens is 559 g/mol. The number of carbonyl (C=O) groups excluding carboxylic acids is 2. The zero-order valence-corrected chi connectivity index (χ0v) is 22.5. The van der Waals surface area contributed by atoms with E-state index >= 15 is 0 Å². The van der Waals surface area contributed by atoms with Crippen LogP contribution in [0.5, 0.6) is 0 Å². The highest BCUT2D eigenvalue weighted by Gasteiger charge is 2.30. The fraction of sp³-hybridized carbons (Fsp3) is 0.167. The SMILES string of the molecule is CC(C)C(NS(=O)(=O)c1ccccc1F)C(=O)NNC(=O)c1cccc(S(=O)(=O)Nc2ccc(Cl)cc2)c1. The summed E-state index contributed by atoms with van der Waals surface area (Å²) in [5.41, 5.74) is 4.40. The maximum Gasteiger partial charge on any atom is 0.269 e. The molecule has 0 fully saturated rings. The zero-order chi connectivity index (χ0) is 28.1. The molecule has 2 amide bonds. The minimum atomic E-state index is -4.40. The Hall–Kier alpha value is -3.52. The van der Waals surface area contributed by atoms with Crippen LogP contribution in [-0.4, -0.2) is 34.7 Å². The third kappa shape index (κ3) is 7.28. The molecule has 1 atom stereocenters. The number of benzene rings is 3. The summed E-state index contributed by atoms with van der Waals surface area (Å²) < 4.78 is 69.2. The Balaban J connectivity index is 1.70. The third-order valence-corrected chi connectivity index (χ3v) is 8.26. The van der Waals surface area contributed by atoms with Crippen LogP contribution < -0.4 is 20.3 Å². The van der Waals surface area contributed by atoms with Crippen molar-refractivity contribution in [3.63, 3.8) is 0 Å². The van der Waals surface area contributed by atoms with Gasteiger partial charge in [-0.3, -0.25) is 25.2 Å². The lowest BCUT2D eigenvalue weighted by molar-refractivity contribution is -0.124. The van der Waals surface area contributed by atoms with Gasteiger partial charge in [0, 0.05) is 16.3 Å². The summed E-state index contributed by atoms with van der Waals surface area (Å²) in [4.78, 5) is 24.5. The highest BCUT2D eigenvalue weighted by molar-refractivity contribution is 7.92. The van der Waals surface area contributed by atoms with E-state index < -0.39 is 54.5 Å². The molecule has 0 bridgehead atoms. The first-order chi connectivity index (χ1) is 17.8. The van der Waals surface area contributed by atoms with Gasteiger partial charge in [-0.25, -0.2) is 21.2 Å². The van der Waals surface area contributed by atoms with E-state index in [1.807, 2.05) is 0 Å². The molecule has 0 aliphatic rings. The summed E-state index contributed by atoms with van der Waals surface area (Å²) in [5, 5.41) is 0.424. The van der Waals surface area contributed by atoms with Crippen LogP contribution in [0.2, 0.25) is 5.02 Å². The third-order valence-electron chi connectivity index (χ3n) is 5.16. The first kappa shape index (κ1) is 29.0. The average Bonchev–Trinajstić information content (AvgIpc) is 2.87. The highest BCUT2D eigenvalue weighted by Crippen LogP contribution is 2.19. The summed E-state index contributed by atoms with van der Waals surface area (Å²) >= 11 is 5.81. The second-order valence-corrected chi connectivity index (χ2v) is 12.2. The predicted octanol–water partition coefficient (Wildman–Crippen LogP) is 3.04. The summed E-state index contributed by atoms with van der Waals surface area (Å²) in [7, 11) is -8.46. The molecule has 202 valence electrons. The maximum atomic E-state index is 14.0. The number of nitrogens with one attached hydrogen (secondary N) is 4. The molecule has 3 aromatic carbocycles. The largest absolute Gasteiger partial charge is 0.280 e. The van der Waals surface area contributed by atoms with Crippen molar-refractivity contribution in [3.05, 3.63) is 89.2 Å². The highest BCUT2D eigenvalue weighted by atomic mass is 35.5. The Morgan fingerprint density at radius 3 is 2.13 bits per heavy atom. The molecule has 1 unspecified atom stereocenters. The fourth-order valence-electron chi connectivity index (χ4n) is 3.19. The van der Waals surface area contributed by atoms with E-state index in [-0.39, 0.29) is 16.1 Å². The lowest BCUT2D eigenvalue weighted by Crippen LogP contribution is -2.54. The van der Waals surface area contributed by atoms with Crippen LogP contribution in [0.4, 0.5) is 10.1 Å². The number of anilines is 1. The first-order valence-electron chi connectivity index (χ1n) is 11.1. The average molecular weight is 583 g/mol. The van der Waals surface area contributed by atoms with Gasteiger partial charge in [0.2, 0.25) is 10.0 Å². The smallest absolute Gasteiger partial charge is 0.269 e. The molecule has 10 nitrogen and oxygen atoms in total. The molecule has 0 radical (unpaired) electrons. The number of sulfonamides is 2. The Morgan fingerprint density at radius 1 is 0.842 bits per heavy atom. The summed E-state index contributed by atoms with van der Waals surface area (Å²) in [5.74, 6) is -3.35. The lowest BCUT2D eigenvalue weighted by atomic mass is 10.1. The van der Waals surface area contributed by atoms with E-state index in [1.165, 1.54) is 54.6 Å². The molecule has 4 N–H and O–H groups in total. The van der Waals surface area contributed by atoms with Gasteiger partial charge in [0.1, 0.15) is 16.8 Å². The van der Waals surface area contributed by atoms with Gasteiger partial charge in [-0.05, 0) is 60.5 Å². The number of hydrogen-bond donors (Lipinski definition) is 4. The van der Waals surface area contributed by atoms with E-state index in [9.17, 15) is 30.8 Å². The molecule has 3 aromatic rings. The molecule has 38 heavy (non-hydrogen) atoms. The first-order valence-corrected chi connectivity index (χ1v) is 14.4. The van der Waals surface area contributed by atoms with Gasteiger partial charge in [0.15, 0.2) is 0 Å². The van der Waals surface area contributed by atoms with Gasteiger partial charge in [-0.1, -0.05) is 43.6 Å². The van der Waals surface area contributed by atoms with Crippen LogP contribution in [0, 0.1) is 11.7 Å². The molecule has 0 saturated heterocycles. The zero-order valence-electron chi connectivity index (χ0n) is 20.1. The molecular formula is C24H24ClFN4O6S2. The summed E-state index contributed by atoms with van der Waals surface area (Å²) in [6.07, 6.45) is 0. The predicted molar refractivity (Wildman–Crippen MR) is 140 cm³/mol. The minimum Gasteiger partial charge on any atom is -0.280 e. The van der Waals surface area contributed by atoms with Gasteiger partial charge in [0.25, 0.3) is 21.8 Å². The van der Waals surface area contributed by atoms with Crippen LogP contribution in [0.1, 0.15) is 24.2 Å². The van der Waals surface area contributed by atoms with E-state index in [0.717, 1.165) is 18.2 Å². The molecule has 3 rings (SSSR count). The molecule has 0 aliphatic carbocycles. The second kappa shape index (κ2) is 11.9. The van der Waals surface area contributed by atoms with Crippen molar-refractivity contribution in [2.75, 3.05) is 4.72 Å². The maximum absolute atomic E-state index is 14.0. The van der Waals surface area contributed by atoms with E-state index in [4.69, 9.17) is 11.6 Å². The number of halogens is 2. The second-order valence-electron chi connectivity index (χ2n) is 8.36. The molecule has 0 aromatic heterocycles. The van der Waals surface area contributed by atoms with Crippen molar-refractivity contribution >= 4 is 49.1 Å². The van der Waals surface area contributed by atoms with Crippen molar-refractivity contribution in [1.82, 2.24) is 15.6 Å². The molecule has 14 heteroatoms. The summed E-state index contributed by atoms with van der Waals surface area (Å²) in [6.45, 7) is 3.11. The summed E-state index contributed by atoms with van der Waals surface area (Å²) in [6, 6.07) is 14.3. The Bertz CT molecular complexity index is 1550. The number of hydrogen-bond acceptors (Lipinski definition) is 6. The van der Waals surface area contributed by atoms with Crippen molar-refractivity contribution in [3.8, 4) is 0 Å². The molecule has 0 heterocycles. The number of amides is 2. The van der Waals surface area contributed by atoms with Gasteiger partial charge in [0.05, 0.1) is 4.90 Å². The molecule has 0 spiro atoms. The van der Waals surface area contributed by atoms with Crippen molar-refractivity contribution < 1.29 is 30.8 Å². The van der Waals surface area contributed by atoms with Crippen LogP contribution in [-0.2, 0) is 24.8 Å². The Labute approximate surface area is 224 Å². The fourth-order valence-corrected chi connectivity index (χ4v) is 5.84. The number of hydrazine groups is 1. The quantitative estimate of drug-likeness (QED) is 0.285. The minimum absolute atomic E-state index is 0.0997. The van der Waals surface area contributed by atoms with E-state index in [1.54, 1.807) is 13.8 Å². The van der Waals surface area contributed by atoms with Crippen LogP contribution in [0.25, 0.3) is 0 Å².